The summed E-state index contributed by atoms with van der Waals surface area (Å²) in [5, 5.41) is 8.36. The summed E-state index contributed by atoms with van der Waals surface area (Å²) in [4.78, 5) is 10.2. The maximum Gasteiger partial charge on any atom is 0.304 e. The summed E-state index contributed by atoms with van der Waals surface area (Å²) in [5.41, 5.74) is 0. The monoisotopic (exact) mass is 267 g/mol. The number of aliphatic carboxylic acids is 1. The summed E-state index contributed by atoms with van der Waals surface area (Å²) in [7, 11) is -3.47. The molecule has 2 N–H and O–H groups in total. The van der Waals surface area contributed by atoms with Crippen LogP contribution in [-0.4, -0.2) is 45.0 Å². The number of hydrogen-bond donors (Lipinski definition) is 2. The van der Waals surface area contributed by atoms with Gasteiger partial charge in [0.05, 0.1) is 12.2 Å². The van der Waals surface area contributed by atoms with E-state index in [0.717, 1.165) is 0 Å². The van der Waals surface area contributed by atoms with Crippen LogP contribution in [0.2, 0.25) is 0 Å². The van der Waals surface area contributed by atoms with E-state index in [0.29, 0.717) is 25.6 Å². The first-order chi connectivity index (χ1) is 7.83. The average Bonchev–Trinajstić information content (AvgIpc) is 2.20. The second-order valence-corrected chi connectivity index (χ2v) is 6.11. The molecule has 0 fully saturated rings. The van der Waals surface area contributed by atoms with Crippen molar-refractivity contribution >= 4 is 16.0 Å². The van der Waals surface area contributed by atoms with Crippen LogP contribution in [0.15, 0.2) is 0 Å². The Morgan fingerprint density at radius 3 is 2.59 bits per heavy atom. The molecule has 0 aliphatic rings. The van der Waals surface area contributed by atoms with Crippen LogP contribution in [0.25, 0.3) is 0 Å². The van der Waals surface area contributed by atoms with E-state index < -0.39 is 16.0 Å². The number of nitrogens with one attached hydrogen (secondary N) is 1. The molecular weight excluding hydrogens is 246 g/mol. The summed E-state index contributed by atoms with van der Waals surface area (Å²) >= 11 is 0. The molecule has 0 rings (SSSR count). The normalized spacial score (nSPS) is 11.9. The minimum atomic E-state index is -3.47. The van der Waals surface area contributed by atoms with Crippen LogP contribution in [-0.2, 0) is 19.6 Å². The van der Waals surface area contributed by atoms with Crippen molar-refractivity contribution in [1.82, 2.24) is 4.72 Å². The van der Waals surface area contributed by atoms with Gasteiger partial charge in [-0.15, -0.1) is 0 Å². The standard InChI is InChI=1S/C10H21NO5S/c1-9(2)8-16-6-3-5-11-17(14,15)7-4-10(12)13/h9,11H,3-8H2,1-2H3,(H,12,13). The van der Waals surface area contributed by atoms with E-state index in [4.69, 9.17) is 9.84 Å². The van der Waals surface area contributed by atoms with Crippen LogP contribution in [0, 0.1) is 5.92 Å². The zero-order chi connectivity index (χ0) is 13.3. The number of sulfonamides is 1. The number of carboxylic acid groups (broad SMARTS) is 1. The van der Waals surface area contributed by atoms with Crippen molar-refractivity contribution in [3.63, 3.8) is 0 Å². The Morgan fingerprint density at radius 2 is 2.06 bits per heavy atom. The lowest BCUT2D eigenvalue weighted by Gasteiger charge is -2.07. The summed E-state index contributed by atoms with van der Waals surface area (Å²) in [6.45, 7) is 5.51. The average molecular weight is 267 g/mol. The molecule has 0 aromatic heterocycles. The fraction of sp³-hybridized carbons (Fsp3) is 0.900. The van der Waals surface area contributed by atoms with Gasteiger partial charge in [0.1, 0.15) is 0 Å². The highest BCUT2D eigenvalue weighted by Gasteiger charge is 2.11. The molecule has 0 aliphatic carbocycles. The third-order valence-electron chi connectivity index (χ3n) is 1.82. The van der Waals surface area contributed by atoms with Gasteiger partial charge in [-0.25, -0.2) is 13.1 Å². The first kappa shape index (κ1) is 16.3. The van der Waals surface area contributed by atoms with Gasteiger partial charge in [0.15, 0.2) is 0 Å². The van der Waals surface area contributed by atoms with E-state index >= 15 is 0 Å². The first-order valence-electron chi connectivity index (χ1n) is 5.60. The van der Waals surface area contributed by atoms with E-state index in [9.17, 15) is 13.2 Å². The summed E-state index contributed by atoms with van der Waals surface area (Å²) in [5.74, 6) is -1.03. The molecule has 0 spiro atoms. The van der Waals surface area contributed by atoms with Gasteiger partial charge in [-0.3, -0.25) is 4.79 Å². The van der Waals surface area contributed by atoms with Gasteiger partial charge < -0.3 is 9.84 Å². The quantitative estimate of drug-likeness (QED) is 0.560. The first-order valence-corrected chi connectivity index (χ1v) is 7.25. The van der Waals surface area contributed by atoms with Crippen LogP contribution in [0.1, 0.15) is 26.7 Å². The Bertz CT molecular complexity index is 313. The summed E-state index contributed by atoms with van der Waals surface area (Å²) in [6.07, 6.45) is 0.207. The topological polar surface area (TPSA) is 92.7 Å². The molecule has 17 heavy (non-hydrogen) atoms. The van der Waals surface area contributed by atoms with Gasteiger partial charge in [0.2, 0.25) is 10.0 Å². The van der Waals surface area contributed by atoms with Gasteiger partial charge in [-0.05, 0) is 12.3 Å². The predicted molar refractivity (Wildman–Crippen MR) is 64.3 cm³/mol. The minimum Gasteiger partial charge on any atom is -0.481 e. The van der Waals surface area contributed by atoms with Crippen LogP contribution in [0.3, 0.4) is 0 Å². The van der Waals surface area contributed by atoms with Gasteiger partial charge in [0, 0.05) is 19.8 Å². The smallest absolute Gasteiger partial charge is 0.304 e. The molecule has 0 atom stereocenters. The van der Waals surface area contributed by atoms with Gasteiger partial charge in [-0.2, -0.15) is 0 Å². The van der Waals surface area contributed by atoms with Gasteiger partial charge >= 0.3 is 5.97 Å². The Labute approximate surface area is 102 Å². The van der Waals surface area contributed by atoms with Crippen LogP contribution in [0.5, 0.6) is 0 Å². The lowest BCUT2D eigenvalue weighted by molar-refractivity contribution is -0.136. The molecular formula is C10H21NO5S. The second kappa shape index (κ2) is 8.43. The maximum atomic E-state index is 11.3. The highest BCUT2D eigenvalue weighted by Crippen LogP contribution is 1.94. The van der Waals surface area contributed by atoms with Crippen LogP contribution >= 0.6 is 0 Å². The Kier molecular flexibility index (Phi) is 8.11. The molecule has 0 amide bonds. The van der Waals surface area contributed by atoms with Crippen molar-refractivity contribution in [2.24, 2.45) is 5.92 Å². The van der Waals surface area contributed by atoms with E-state index in [2.05, 4.69) is 4.72 Å². The van der Waals surface area contributed by atoms with E-state index in [1.807, 2.05) is 13.8 Å². The summed E-state index contributed by atoms with van der Waals surface area (Å²) < 4.78 is 30.1. The number of rotatable bonds is 10. The molecule has 7 heteroatoms. The number of carboxylic acids is 1. The Hall–Kier alpha value is -0.660. The Morgan fingerprint density at radius 1 is 1.41 bits per heavy atom. The second-order valence-electron chi connectivity index (χ2n) is 4.18. The van der Waals surface area contributed by atoms with Crippen molar-refractivity contribution in [2.45, 2.75) is 26.7 Å². The van der Waals surface area contributed by atoms with Crippen molar-refractivity contribution in [3.8, 4) is 0 Å². The maximum absolute atomic E-state index is 11.3. The lowest BCUT2D eigenvalue weighted by Crippen LogP contribution is -2.29. The third-order valence-corrected chi connectivity index (χ3v) is 3.21. The Balaban J connectivity index is 3.56. The molecule has 0 radical (unpaired) electrons. The molecule has 0 aromatic carbocycles. The van der Waals surface area contributed by atoms with Gasteiger partial charge in [0.25, 0.3) is 0 Å². The zero-order valence-electron chi connectivity index (χ0n) is 10.3. The molecule has 0 unspecified atom stereocenters. The summed E-state index contributed by atoms with van der Waals surface area (Å²) in [6, 6.07) is 0. The zero-order valence-corrected chi connectivity index (χ0v) is 11.1. The van der Waals surface area contributed by atoms with E-state index in [-0.39, 0.29) is 18.7 Å². The fourth-order valence-corrected chi connectivity index (χ4v) is 2.06. The number of ether oxygens (including phenoxy) is 1. The molecule has 0 aliphatic heterocycles. The lowest BCUT2D eigenvalue weighted by atomic mass is 10.2. The molecule has 0 heterocycles. The van der Waals surface area contributed by atoms with Crippen LogP contribution in [0.4, 0.5) is 0 Å². The van der Waals surface area contributed by atoms with Crippen molar-refractivity contribution < 1.29 is 23.1 Å². The number of hydrogen-bond acceptors (Lipinski definition) is 4. The molecule has 0 bridgehead atoms. The van der Waals surface area contributed by atoms with Crippen molar-refractivity contribution in [1.29, 1.82) is 0 Å². The van der Waals surface area contributed by atoms with Gasteiger partial charge in [-0.1, -0.05) is 13.8 Å². The molecule has 6 nitrogen and oxygen atoms in total. The molecule has 0 saturated heterocycles. The highest BCUT2D eigenvalue weighted by atomic mass is 32.2. The molecule has 0 saturated carbocycles. The largest absolute Gasteiger partial charge is 0.481 e. The van der Waals surface area contributed by atoms with Crippen LogP contribution < -0.4 is 4.72 Å². The minimum absolute atomic E-state index is 0.278. The highest BCUT2D eigenvalue weighted by molar-refractivity contribution is 7.89. The SMILES string of the molecule is CC(C)COCCCNS(=O)(=O)CCC(=O)O. The van der Waals surface area contributed by atoms with E-state index in [1.54, 1.807) is 0 Å². The third kappa shape index (κ3) is 11.6. The molecule has 0 aromatic rings. The number of carbonyl (C=O) groups is 1. The van der Waals surface area contributed by atoms with Crippen molar-refractivity contribution in [2.75, 3.05) is 25.5 Å². The molecule has 102 valence electrons. The van der Waals surface area contributed by atoms with Crippen molar-refractivity contribution in [3.05, 3.63) is 0 Å². The van der Waals surface area contributed by atoms with E-state index in [1.165, 1.54) is 0 Å². The predicted octanol–water partition coefficient (Wildman–Crippen LogP) is 0.443. The fourth-order valence-electron chi connectivity index (χ4n) is 1.01.